The number of carbonyl (C=O) groups excluding carboxylic acids is 1. The van der Waals surface area contributed by atoms with Crippen LogP contribution >= 0.6 is 11.8 Å². The zero-order valence-electron chi connectivity index (χ0n) is 16.8. The Labute approximate surface area is 181 Å². The van der Waals surface area contributed by atoms with Gasteiger partial charge in [0.25, 0.3) is 0 Å². The number of hydrogen-bond acceptors (Lipinski definition) is 5. The summed E-state index contributed by atoms with van der Waals surface area (Å²) in [4.78, 5) is 19.2. The lowest BCUT2D eigenvalue weighted by Gasteiger charge is -2.26. The molecule has 6 nitrogen and oxygen atoms in total. The highest BCUT2D eigenvalue weighted by Gasteiger charge is 2.25. The zero-order valence-corrected chi connectivity index (χ0v) is 17.6. The molecule has 0 saturated carbocycles. The fraction of sp³-hybridized carbons (Fsp3) is 0.304. The molecule has 30 heavy (non-hydrogen) atoms. The maximum Gasteiger partial charge on any atom is 0.319 e. The Morgan fingerprint density at radius 1 is 1.13 bits per heavy atom. The fourth-order valence-corrected chi connectivity index (χ4v) is 4.44. The minimum Gasteiger partial charge on any atom is -0.468 e. The number of carbonyl (C=O) groups is 1. The van der Waals surface area contributed by atoms with Crippen LogP contribution < -0.4 is 10.6 Å². The molecule has 1 aliphatic heterocycles. The van der Waals surface area contributed by atoms with Crippen molar-refractivity contribution >= 4 is 23.5 Å². The second-order valence-corrected chi connectivity index (χ2v) is 8.26. The first-order chi connectivity index (χ1) is 14.8. The van der Waals surface area contributed by atoms with Crippen LogP contribution in [0, 0.1) is 0 Å². The quantitative estimate of drug-likeness (QED) is 0.504. The van der Waals surface area contributed by atoms with Crippen molar-refractivity contribution in [3.8, 4) is 0 Å². The molecule has 1 aromatic carbocycles. The van der Waals surface area contributed by atoms with Gasteiger partial charge in [0.15, 0.2) is 0 Å². The minimum absolute atomic E-state index is 0.0642. The van der Waals surface area contributed by atoms with E-state index in [2.05, 4.69) is 26.6 Å². The van der Waals surface area contributed by atoms with Crippen molar-refractivity contribution in [1.82, 2.24) is 15.2 Å². The highest BCUT2D eigenvalue weighted by molar-refractivity contribution is 7.98. The van der Waals surface area contributed by atoms with E-state index in [1.54, 1.807) is 24.2 Å². The average molecular weight is 423 g/mol. The smallest absolute Gasteiger partial charge is 0.319 e. The first kappa shape index (κ1) is 20.5. The van der Waals surface area contributed by atoms with Gasteiger partial charge in [-0.25, -0.2) is 9.78 Å². The van der Waals surface area contributed by atoms with Crippen molar-refractivity contribution in [2.45, 2.75) is 29.7 Å². The Balaban J connectivity index is 1.31. The Kier molecular flexibility index (Phi) is 7.05. The number of benzene rings is 1. The summed E-state index contributed by atoms with van der Waals surface area (Å²) in [5.41, 5.74) is 1.91. The molecule has 1 atom stereocenters. The highest BCUT2D eigenvalue weighted by atomic mass is 32.2. The first-order valence-corrected chi connectivity index (χ1v) is 11.2. The van der Waals surface area contributed by atoms with Gasteiger partial charge in [0.2, 0.25) is 0 Å². The SMILES string of the molecule is O=C(NCC(c1ccco1)N1CCCC1)Nc1cccc(CSc2ccccn2)c1. The van der Waals surface area contributed by atoms with Gasteiger partial charge in [0.1, 0.15) is 5.76 Å². The molecule has 2 aromatic heterocycles. The van der Waals surface area contributed by atoms with Crippen LogP contribution in [-0.4, -0.2) is 35.5 Å². The Morgan fingerprint density at radius 3 is 2.80 bits per heavy atom. The normalized spacial score (nSPS) is 15.1. The van der Waals surface area contributed by atoms with Crippen LogP contribution in [0.25, 0.3) is 0 Å². The molecule has 7 heteroatoms. The number of hydrogen-bond donors (Lipinski definition) is 2. The number of thioether (sulfide) groups is 1. The van der Waals surface area contributed by atoms with Crippen LogP contribution in [-0.2, 0) is 5.75 Å². The maximum absolute atomic E-state index is 12.5. The standard InChI is InChI=1S/C23H26N4O2S/c28-23(25-16-20(21-9-6-14-29-21)27-12-3-4-13-27)26-19-8-5-7-18(15-19)17-30-22-10-1-2-11-24-22/h1-2,5-11,14-15,20H,3-4,12-13,16-17H2,(H2,25,26,28). The van der Waals surface area contributed by atoms with Crippen molar-refractivity contribution in [1.29, 1.82) is 0 Å². The van der Waals surface area contributed by atoms with Crippen molar-refractivity contribution in [3.05, 3.63) is 78.4 Å². The van der Waals surface area contributed by atoms with Crippen molar-refractivity contribution in [2.75, 3.05) is 25.0 Å². The van der Waals surface area contributed by atoms with Crippen LogP contribution in [0.2, 0.25) is 0 Å². The topological polar surface area (TPSA) is 70.4 Å². The molecule has 1 unspecified atom stereocenters. The van der Waals surface area contributed by atoms with Crippen LogP contribution in [0.5, 0.6) is 0 Å². The molecule has 4 rings (SSSR count). The van der Waals surface area contributed by atoms with Gasteiger partial charge in [0, 0.05) is 24.2 Å². The van der Waals surface area contributed by atoms with Crippen LogP contribution in [0.4, 0.5) is 10.5 Å². The van der Waals surface area contributed by atoms with Gasteiger partial charge < -0.3 is 15.1 Å². The third-order valence-corrected chi connectivity index (χ3v) is 6.13. The molecule has 1 aliphatic rings. The number of pyridine rings is 1. The van der Waals surface area contributed by atoms with Crippen LogP contribution in [0.15, 0.2) is 76.5 Å². The van der Waals surface area contributed by atoms with E-state index in [9.17, 15) is 4.79 Å². The number of rotatable bonds is 8. The summed E-state index contributed by atoms with van der Waals surface area (Å²) < 4.78 is 5.62. The fourth-order valence-electron chi connectivity index (χ4n) is 3.64. The van der Waals surface area contributed by atoms with E-state index in [0.717, 1.165) is 40.9 Å². The Hall–Kier alpha value is -2.77. The maximum atomic E-state index is 12.5. The number of likely N-dealkylation sites (tertiary alicyclic amines) is 1. The lowest BCUT2D eigenvalue weighted by atomic mass is 10.2. The summed E-state index contributed by atoms with van der Waals surface area (Å²) in [6, 6.07) is 17.5. The van der Waals surface area contributed by atoms with Crippen molar-refractivity contribution in [2.24, 2.45) is 0 Å². The molecule has 0 spiro atoms. The van der Waals surface area contributed by atoms with Crippen molar-refractivity contribution in [3.63, 3.8) is 0 Å². The number of anilines is 1. The zero-order chi connectivity index (χ0) is 20.6. The van der Waals surface area contributed by atoms with Gasteiger partial charge in [-0.05, 0) is 67.9 Å². The molecule has 156 valence electrons. The lowest BCUT2D eigenvalue weighted by Crippen LogP contribution is -2.38. The molecule has 3 aromatic rings. The van der Waals surface area contributed by atoms with Crippen LogP contribution in [0.1, 0.15) is 30.2 Å². The Bertz CT molecular complexity index is 927. The number of furan rings is 1. The second-order valence-electron chi connectivity index (χ2n) is 7.27. The molecule has 0 bridgehead atoms. The number of nitrogens with zero attached hydrogens (tertiary/aromatic N) is 2. The molecule has 2 amide bonds. The molecule has 1 fully saturated rings. The molecule has 3 heterocycles. The number of amides is 2. The molecular formula is C23H26N4O2S. The molecular weight excluding hydrogens is 396 g/mol. The monoisotopic (exact) mass is 422 g/mol. The second kappa shape index (κ2) is 10.3. The van der Waals surface area contributed by atoms with E-state index in [4.69, 9.17) is 4.42 Å². The van der Waals surface area contributed by atoms with Gasteiger partial charge in [-0.2, -0.15) is 0 Å². The summed E-state index contributed by atoms with van der Waals surface area (Å²) in [7, 11) is 0. The van der Waals surface area contributed by atoms with E-state index >= 15 is 0 Å². The van der Waals surface area contributed by atoms with Gasteiger partial charge in [-0.15, -0.1) is 11.8 Å². The highest BCUT2D eigenvalue weighted by Crippen LogP contribution is 2.25. The minimum atomic E-state index is -0.208. The molecule has 2 N–H and O–H groups in total. The van der Waals surface area contributed by atoms with Gasteiger partial charge in [-0.1, -0.05) is 18.2 Å². The summed E-state index contributed by atoms with van der Waals surface area (Å²) in [6.45, 7) is 2.57. The van der Waals surface area contributed by atoms with E-state index in [-0.39, 0.29) is 12.1 Å². The average Bonchev–Trinajstić information content (AvgIpc) is 3.49. The van der Waals surface area contributed by atoms with Crippen LogP contribution in [0.3, 0.4) is 0 Å². The van der Waals surface area contributed by atoms with Gasteiger partial charge in [0.05, 0.1) is 17.3 Å². The van der Waals surface area contributed by atoms with E-state index in [1.165, 1.54) is 12.8 Å². The largest absolute Gasteiger partial charge is 0.468 e. The molecule has 0 radical (unpaired) electrons. The number of urea groups is 1. The van der Waals surface area contributed by atoms with E-state index in [0.29, 0.717) is 6.54 Å². The van der Waals surface area contributed by atoms with Gasteiger partial charge in [-0.3, -0.25) is 4.90 Å². The lowest BCUT2D eigenvalue weighted by molar-refractivity contribution is 0.207. The molecule has 0 aliphatic carbocycles. The Morgan fingerprint density at radius 2 is 2.03 bits per heavy atom. The first-order valence-electron chi connectivity index (χ1n) is 10.2. The third-order valence-electron chi connectivity index (χ3n) is 5.12. The number of aromatic nitrogens is 1. The number of nitrogens with one attached hydrogen (secondary N) is 2. The summed E-state index contributed by atoms with van der Waals surface area (Å²) in [6.07, 6.45) is 5.86. The third kappa shape index (κ3) is 5.64. The summed E-state index contributed by atoms with van der Waals surface area (Å²) in [5, 5.41) is 6.94. The van der Waals surface area contributed by atoms with Gasteiger partial charge >= 0.3 is 6.03 Å². The predicted molar refractivity (Wildman–Crippen MR) is 120 cm³/mol. The summed E-state index contributed by atoms with van der Waals surface area (Å²) >= 11 is 1.67. The van der Waals surface area contributed by atoms with E-state index in [1.807, 2.05) is 48.5 Å². The van der Waals surface area contributed by atoms with E-state index < -0.39 is 0 Å². The van der Waals surface area contributed by atoms with Crippen molar-refractivity contribution < 1.29 is 9.21 Å². The predicted octanol–water partition coefficient (Wildman–Crippen LogP) is 4.93. The summed E-state index contributed by atoms with van der Waals surface area (Å²) in [5.74, 6) is 1.69. The molecule has 1 saturated heterocycles.